The van der Waals surface area contributed by atoms with E-state index in [4.69, 9.17) is 9.69 Å². The van der Waals surface area contributed by atoms with Gasteiger partial charge in [0.2, 0.25) is 0 Å². The molecule has 62 valence electrons. The average Bonchev–Trinajstić information content (AvgIpc) is 2.05. The Bertz CT molecular complexity index is 220. The third kappa shape index (κ3) is 3.03. The van der Waals surface area contributed by atoms with E-state index in [0.29, 0.717) is 0 Å². The summed E-state index contributed by atoms with van der Waals surface area (Å²) in [5, 5.41) is 0. The van der Waals surface area contributed by atoms with Gasteiger partial charge in [0.25, 0.3) is 0 Å². The Kier molecular flexibility index (Phi) is 5.33. The standard InChI is InChI=1S/C5F4N.ClH.Zn/c6-2-1-3(7)5(9)10-4(2)8;;/h;1H;/q-1;;+2/p-1. The van der Waals surface area contributed by atoms with E-state index in [2.05, 4.69) is 4.98 Å². The van der Waals surface area contributed by atoms with Crippen LogP contribution in [0.2, 0.25) is 0 Å². The summed E-state index contributed by atoms with van der Waals surface area (Å²) in [6.45, 7) is 0. The predicted octanol–water partition coefficient (Wildman–Crippen LogP) is 2.13. The van der Waals surface area contributed by atoms with Gasteiger partial charge in [0.05, 0.1) is 11.6 Å². The van der Waals surface area contributed by atoms with Gasteiger partial charge in [-0.15, -0.1) is 0 Å². The molecule has 12 heavy (non-hydrogen) atoms. The summed E-state index contributed by atoms with van der Waals surface area (Å²) in [6.07, 6.45) is 0. The van der Waals surface area contributed by atoms with Gasteiger partial charge in [0.1, 0.15) is 11.9 Å². The predicted molar refractivity (Wildman–Crippen MR) is 28.8 cm³/mol. The number of aromatic nitrogens is 1. The van der Waals surface area contributed by atoms with E-state index >= 15 is 0 Å². The molecule has 0 aliphatic carbocycles. The Morgan fingerprint density at radius 2 is 1.33 bits per heavy atom. The zero-order valence-electron chi connectivity index (χ0n) is 5.54. The van der Waals surface area contributed by atoms with Crippen LogP contribution in [0.25, 0.3) is 0 Å². The van der Waals surface area contributed by atoms with Crippen molar-refractivity contribution in [3.8, 4) is 0 Å². The van der Waals surface area contributed by atoms with Crippen LogP contribution in [0.4, 0.5) is 17.6 Å². The second-order valence-corrected chi connectivity index (χ2v) is 1.45. The first kappa shape index (κ1) is 11.8. The fraction of sp³-hybridized carbons (Fsp3) is 0. The summed E-state index contributed by atoms with van der Waals surface area (Å²) in [4.78, 5) is 2.26. The molecule has 0 saturated carbocycles. The van der Waals surface area contributed by atoms with Crippen molar-refractivity contribution in [3.05, 3.63) is 29.6 Å². The van der Waals surface area contributed by atoms with Crippen molar-refractivity contribution in [2.24, 2.45) is 0 Å². The molecule has 1 heterocycles. The Hall–Kier alpha value is -0.217. The first-order chi connectivity index (χ1) is 5.61. The van der Waals surface area contributed by atoms with Gasteiger partial charge in [-0.05, 0) is 0 Å². The zero-order chi connectivity index (χ0) is 9.72. The van der Waals surface area contributed by atoms with Crippen molar-refractivity contribution in [2.75, 3.05) is 0 Å². The molecule has 7 heteroatoms. The maximum atomic E-state index is 11.9. The molecule has 0 radical (unpaired) electrons. The van der Waals surface area contributed by atoms with Crippen LogP contribution in [0.1, 0.15) is 0 Å². The van der Waals surface area contributed by atoms with Crippen molar-refractivity contribution < 1.29 is 34.9 Å². The molecule has 0 atom stereocenters. The SMILES string of the molecule is Fc1[c-]c(F)c(F)nc1F.[Cl][Zn+]. The Morgan fingerprint density at radius 3 is 1.58 bits per heavy atom. The van der Waals surface area contributed by atoms with E-state index in [9.17, 15) is 17.6 Å². The van der Waals surface area contributed by atoms with Crippen LogP contribution >= 0.6 is 9.69 Å². The minimum absolute atomic E-state index is 0.847. The Morgan fingerprint density at radius 1 is 1.00 bits per heavy atom. The van der Waals surface area contributed by atoms with E-state index in [1.807, 2.05) is 0 Å². The van der Waals surface area contributed by atoms with E-state index < -0.39 is 23.5 Å². The molecule has 0 N–H and O–H groups in total. The molecule has 0 amide bonds. The van der Waals surface area contributed by atoms with Crippen molar-refractivity contribution in [1.82, 2.24) is 4.98 Å². The van der Waals surface area contributed by atoms with Crippen LogP contribution in [0.5, 0.6) is 0 Å². The van der Waals surface area contributed by atoms with Gasteiger partial charge >= 0.3 is 27.0 Å². The maximum absolute atomic E-state index is 11.9. The number of nitrogens with zero attached hydrogens (tertiary/aromatic N) is 1. The van der Waals surface area contributed by atoms with Gasteiger partial charge in [-0.25, -0.2) is 8.78 Å². The van der Waals surface area contributed by atoms with Crippen LogP contribution in [0.3, 0.4) is 0 Å². The molecule has 0 bridgehead atoms. The second kappa shape index (κ2) is 5.43. The fourth-order valence-corrected chi connectivity index (χ4v) is 0.384. The zero-order valence-corrected chi connectivity index (χ0v) is 9.27. The molecule has 1 aromatic heterocycles. The van der Waals surface area contributed by atoms with Crippen LogP contribution < -0.4 is 0 Å². The monoisotopic (exact) mass is 249 g/mol. The van der Waals surface area contributed by atoms with Gasteiger partial charge in [-0.3, -0.25) is 8.78 Å². The van der Waals surface area contributed by atoms with Gasteiger partial charge < -0.3 is 4.98 Å². The molecule has 0 aromatic carbocycles. The summed E-state index contributed by atoms with van der Waals surface area (Å²) in [7, 11) is 4.76. The van der Waals surface area contributed by atoms with Crippen molar-refractivity contribution in [3.63, 3.8) is 0 Å². The molecule has 0 spiro atoms. The molecule has 1 rings (SSSR count). The quantitative estimate of drug-likeness (QED) is 0.298. The van der Waals surface area contributed by atoms with Gasteiger partial charge in [-0.1, -0.05) is 6.07 Å². The van der Waals surface area contributed by atoms with Crippen LogP contribution in [0, 0.1) is 29.6 Å². The molecule has 0 fully saturated rings. The summed E-state index contributed by atoms with van der Waals surface area (Å²) < 4.78 is 47.4. The number of hydrogen-bond acceptors (Lipinski definition) is 1. The van der Waals surface area contributed by atoms with E-state index in [1.54, 1.807) is 0 Å². The van der Waals surface area contributed by atoms with Crippen LogP contribution in [-0.2, 0) is 17.3 Å². The topological polar surface area (TPSA) is 12.9 Å². The third-order valence-corrected chi connectivity index (χ3v) is 0.778. The van der Waals surface area contributed by atoms with Crippen molar-refractivity contribution >= 4 is 9.69 Å². The average molecular weight is 251 g/mol. The summed E-state index contributed by atoms with van der Waals surface area (Å²) in [6, 6.07) is 1.16. The molecule has 0 saturated heterocycles. The van der Waals surface area contributed by atoms with E-state index in [1.165, 1.54) is 0 Å². The Balaban J connectivity index is 0.000000561. The molecular weight excluding hydrogens is 251 g/mol. The van der Waals surface area contributed by atoms with Crippen LogP contribution in [0.15, 0.2) is 0 Å². The molecule has 1 aromatic rings. The molecule has 0 aliphatic rings. The fourth-order valence-electron chi connectivity index (χ4n) is 0.384. The number of pyridine rings is 1. The van der Waals surface area contributed by atoms with Gasteiger partial charge in [0.15, 0.2) is 0 Å². The van der Waals surface area contributed by atoms with Crippen molar-refractivity contribution in [2.45, 2.75) is 0 Å². The van der Waals surface area contributed by atoms with Crippen LogP contribution in [-0.4, -0.2) is 4.98 Å². The first-order valence-electron chi connectivity index (χ1n) is 2.47. The molecule has 1 nitrogen and oxygen atoms in total. The van der Waals surface area contributed by atoms with E-state index in [-0.39, 0.29) is 0 Å². The first-order valence-corrected chi connectivity index (χ1v) is 6.37. The minimum atomic E-state index is -1.70. The molecular formula is C5ClF4NZn. The van der Waals surface area contributed by atoms with Crippen molar-refractivity contribution in [1.29, 1.82) is 0 Å². The molecule has 0 unspecified atom stereocenters. The second-order valence-electron chi connectivity index (χ2n) is 1.45. The third-order valence-electron chi connectivity index (χ3n) is 0.778. The van der Waals surface area contributed by atoms with Gasteiger partial charge in [-0.2, -0.15) is 0 Å². The summed E-state index contributed by atoms with van der Waals surface area (Å²) in [5.74, 6) is -6.64. The summed E-state index contributed by atoms with van der Waals surface area (Å²) >= 11 is 0.847. The number of rotatable bonds is 0. The number of halogens is 5. The Labute approximate surface area is 79.5 Å². The van der Waals surface area contributed by atoms with E-state index in [0.717, 1.165) is 23.4 Å². The number of hydrogen-bond donors (Lipinski definition) is 0. The molecule has 0 aliphatic heterocycles. The normalized spacial score (nSPS) is 8.92. The summed E-state index contributed by atoms with van der Waals surface area (Å²) in [5.41, 5.74) is 0. The van der Waals surface area contributed by atoms with Gasteiger partial charge in [0, 0.05) is 0 Å².